The van der Waals surface area contributed by atoms with Gasteiger partial charge in [-0.25, -0.2) is 8.42 Å². The van der Waals surface area contributed by atoms with E-state index in [4.69, 9.17) is 0 Å². The molecule has 0 unspecified atom stereocenters. The summed E-state index contributed by atoms with van der Waals surface area (Å²) in [7, 11) is -3.41. The van der Waals surface area contributed by atoms with E-state index in [9.17, 15) is 13.5 Å². The van der Waals surface area contributed by atoms with Crippen molar-refractivity contribution in [1.82, 2.24) is 5.32 Å². The lowest BCUT2D eigenvalue weighted by Gasteiger charge is -2.38. The predicted molar refractivity (Wildman–Crippen MR) is 120 cm³/mol. The fourth-order valence-electron chi connectivity index (χ4n) is 3.46. The van der Waals surface area contributed by atoms with Gasteiger partial charge in [-0.15, -0.1) is 0 Å². The van der Waals surface area contributed by atoms with Crippen LogP contribution >= 0.6 is 11.8 Å². The minimum absolute atomic E-state index is 0.213. The SMILES string of the molecule is O=S1(=O)C/C(=C\c2ccccc2)C(O)(NC2=NCCS2)/C(=C/c2ccccc2)C1. The molecule has 2 aromatic carbocycles. The molecule has 0 amide bonds. The molecule has 2 N–H and O–H groups in total. The maximum Gasteiger partial charge on any atom is 0.184 e. The van der Waals surface area contributed by atoms with Crippen LogP contribution in [-0.4, -0.2) is 48.2 Å². The van der Waals surface area contributed by atoms with Gasteiger partial charge >= 0.3 is 0 Å². The largest absolute Gasteiger partial charge is 0.364 e. The van der Waals surface area contributed by atoms with Crippen molar-refractivity contribution in [1.29, 1.82) is 0 Å². The van der Waals surface area contributed by atoms with Crippen LogP contribution in [0.5, 0.6) is 0 Å². The van der Waals surface area contributed by atoms with Crippen LogP contribution in [0.25, 0.3) is 12.2 Å². The van der Waals surface area contributed by atoms with Crippen molar-refractivity contribution in [3.63, 3.8) is 0 Å². The number of nitrogens with zero attached hydrogens (tertiary/aromatic N) is 1. The maximum atomic E-state index is 12.7. The van der Waals surface area contributed by atoms with E-state index in [0.717, 1.165) is 16.9 Å². The van der Waals surface area contributed by atoms with Crippen LogP contribution in [0.1, 0.15) is 11.1 Å². The third-order valence-corrected chi connectivity index (χ3v) is 7.23. The number of hydrogen-bond acceptors (Lipinski definition) is 6. The molecule has 1 fully saturated rings. The molecule has 5 nitrogen and oxygen atoms in total. The lowest BCUT2D eigenvalue weighted by Crippen LogP contribution is -2.55. The minimum atomic E-state index is -3.41. The third-order valence-electron chi connectivity index (χ3n) is 4.83. The summed E-state index contributed by atoms with van der Waals surface area (Å²) in [5.41, 5.74) is 0.840. The predicted octanol–water partition coefficient (Wildman–Crippen LogP) is 2.96. The van der Waals surface area contributed by atoms with E-state index >= 15 is 0 Å². The molecular weight excluding hydrogens is 404 g/mol. The second-order valence-corrected chi connectivity index (χ2v) is 10.2. The molecular formula is C22H22N2O3S2. The van der Waals surface area contributed by atoms with Gasteiger partial charge in [0, 0.05) is 16.9 Å². The molecule has 1 saturated heterocycles. The molecule has 0 radical (unpaired) electrons. The molecule has 29 heavy (non-hydrogen) atoms. The molecule has 0 aliphatic carbocycles. The summed E-state index contributed by atoms with van der Waals surface area (Å²) < 4.78 is 25.4. The summed E-state index contributed by atoms with van der Waals surface area (Å²) in [4.78, 5) is 4.40. The number of rotatable bonds is 3. The van der Waals surface area contributed by atoms with E-state index < -0.39 is 15.6 Å². The average molecular weight is 427 g/mol. The average Bonchev–Trinajstić information content (AvgIpc) is 3.20. The van der Waals surface area contributed by atoms with Crippen molar-refractivity contribution in [2.24, 2.45) is 4.99 Å². The van der Waals surface area contributed by atoms with Gasteiger partial charge in [-0.3, -0.25) is 4.99 Å². The quantitative estimate of drug-likeness (QED) is 0.738. The van der Waals surface area contributed by atoms with Crippen molar-refractivity contribution >= 4 is 38.9 Å². The van der Waals surface area contributed by atoms with Crippen LogP contribution in [-0.2, 0) is 9.84 Å². The van der Waals surface area contributed by atoms with Crippen molar-refractivity contribution in [2.75, 3.05) is 23.8 Å². The van der Waals surface area contributed by atoms with Crippen LogP contribution in [0.4, 0.5) is 0 Å². The Morgan fingerprint density at radius 2 is 1.45 bits per heavy atom. The van der Waals surface area contributed by atoms with E-state index in [2.05, 4.69) is 10.3 Å². The zero-order valence-corrected chi connectivity index (χ0v) is 17.4. The number of aliphatic imine (C=N–C) groups is 1. The number of benzene rings is 2. The zero-order valence-electron chi connectivity index (χ0n) is 15.8. The highest BCUT2D eigenvalue weighted by atomic mass is 32.2. The molecule has 0 spiro atoms. The van der Waals surface area contributed by atoms with Gasteiger partial charge in [0.1, 0.15) is 0 Å². The van der Waals surface area contributed by atoms with Gasteiger partial charge in [-0.05, 0) is 23.3 Å². The monoisotopic (exact) mass is 426 g/mol. The third kappa shape index (κ3) is 4.63. The standard InChI is InChI=1S/C22H22N2O3S2/c25-22(24-21-23-11-12-28-21)19(13-17-7-3-1-4-8-17)15-29(26,27)16-20(22)14-18-9-5-2-6-10-18/h1-10,13-14,25H,11-12,15-16H2,(H,23,24)/b19-13+,20-14+. The Bertz CT molecular complexity index is 1010. The topological polar surface area (TPSA) is 78.8 Å². The first-order chi connectivity index (χ1) is 13.9. The Hall–Kier alpha value is -2.35. The van der Waals surface area contributed by atoms with Crippen molar-refractivity contribution in [3.8, 4) is 0 Å². The fourth-order valence-corrected chi connectivity index (χ4v) is 5.87. The van der Waals surface area contributed by atoms with E-state index in [-0.39, 0.29) is 11.5 Å². The molecule has 0 atom stereocenters. The summed E-state index contributed by atoms with van der Waals surface area (Å²) in [6.07, 6.45) is 3.51. The summed E-state index contributed by atoms with van der Waals surface area (Å²) in [5.74, 6) is 0.414. The second kappa shape index (κ2) is 8.18. The molecule has 7 heteroatoms. The highest BCUT2D eigenvalue weighted by Gasteiger charge is 2.45. The van der Waals surface area contributed by atoms with Gasteiger partial charge in [0.25, 0.3) is 0 Å². The van der Waals surface area contributed by atoms with Crippen molar-refractivity contribution in [3.05, 3.63) is 82.9 Å². The summed E-state index contributed by atoms with van der Waals surface area (Å²) in [5, 5.41) is 15.6. The van der Waals surface area contributed by atoms with Gasteiger partial charge < -0.3 is 10.4 Å². The first-order valence-corrected chi connectivity index (χ1v) is 12.2. The van der Waals surface area contributed by atoms with Crippen molar-refractivity contribution in [2.45, 2.75) is 5.72 Å². The first-order valence-electron chi connectivity index (χ1n) is 9.35. The van der Waals surface area contributed by atoms with Gasteiger partial charge in [-0.2, -0.15) is 0 Å². The van der Waals surface area contributed by atoms with Gasteiger partial charge in [-0.1, -0.05) is 72.4 Å². The van der Waals surface area contributed by atoms with E-state index in [1.807, 2.05) is 60.7 Å². The van der Waals surface area contributed by atoms with Gasteiger partial charge in [0.2, 0.25) is 0 Å². The lowest BCUT2D eigenvalue weighted by molar-refractivity contribution is 0.103. The lowest BCUT2D eigenvalue weighted by atomic mass is 9.92. The second-order valence-electron chi connectivity index (χ2n) is 7.06. The first kappa shape index (κ1) is 19.9. The highest BCUT2D eigenvalue weighted by molar-refractivity contribution is 8.14. The molecule has 0 aromatic heterocycles. The van der Waals surface area contributed by atoms with E-state index in [1.54, 1.807) is 12.2 Å². The summed E-state index contributed by atoms with van der Waals surface area (Å²) >= 11 is 1.53. The summed E-state index contributed by atoms with van der Waals surface area (Å²) in [6.45, 7) is 0.677. The zero-order chi connectivity index (χ0) is 20.3. The van der Waals surface area contributed by atoms with E-state index in [1.165, 1.54) is 11.8 Å². The number of aliphatic hydroxyl groups is 1. The number of sulfone groups is 1. The molecule has 0 bridgehead atoms. The number of thioether (sulfide) groups is 1. The maximum absolute atomic E-state index is 12.7. The smallest absolute Gasteiger partial charge is 0.184 e. The Kier molecular flexibility index (Phi) is 5.63. The molecule has 4 rings (SSSR count). The molecule has 2 heterocycles. The van der Waals surface area contributed by atoms with Crippen LogP contribution in [0.3, 0.4) is 0 Å². The van der Waals surface area contributed by atoms with E-state index in [0.29, 0.717) is 22.9 Å². The molecule has 2 aliphatic rings. The molecule has 0 saturated carbocycles. The molecule has 2 aliphatic heterocycles. The number of amidine groups is 1. The molecule has 2 aromatic rings. The Labute approximate surface area is 175 Å². The van der Waals surface area contributed by atoms with Gasteiger partial charge in [0.15, 0.2) is 20.7 Å². The minimum Gasteiger partial charge on any atom is -0.364 e. The van der Waals surface area contributed by atoms with Crippen LogP contribution < -0.4 is 5.32 Å². The Morgan fingerprint density at radius 3 is 1.90 bits per heavy atom. The Morgan fingerprint density at radius 1 is 0.931 bits per heavy atom. The molecule has 150 valence electrons. The Balaban J connectivity index is 1.85. The van der Waals surface area contributed by atoms with Gasteiger partial charge in [0.05, 0.1) is 18.1 Å². The van der Waals surface area contributed by atoms with Crippen LogP contribution in [0.15, 0.2) is 76.8 Å². The van der Waals surface area contributed by atoms with Crippen LogP contribution in [0, 0.1) is 0 Å². The summed E-state index contributed by atoms with van der Waals surface area (Å²) in [6, 6.07) is 18.9. The normalized spacial score (nSPS) is 26.4. The fraction of sp³-hybridized carbons (Fsp3) is 0.227. The number of hydrogen-bond donors (Lipinski definition) is 2. The highest BCUT2D eigenvalue weighted by Crippen LogP contribution is 2.35. The van der Waals surface area contributed by atoms with Crippen LogP contribution in [0.2, 0.25) is 0 Å². The van der Waals surface area contributed by atoms with Crippen molar-refractivity contribution < 1.29 is 13.5 Å². The number of nitrogens with one attached hydrogen (secondary N) is 1.